The minimum absolute atomic E-state index is 0.0488. The molecule has 0 aliphatic heterocycles. The summed E-state index contributed by atoms with van der Waals surface area (Å²) in [6.45, 7) is 5.91. The van der Waals surface area contributed by atoms with Crippen molar-refractivity contribution in [3.05, 3.63) is 29.8 Å². The second kappa shape index (κ2) is 7.82. The first kappa shape index (κ1) is 18.0. The quantitative estimate of drug-likeness (QED) is 0.773. The van der Waals surface area contributed by atoms with Crippen LogP contribution in [0.1, 0.15) is 32.8 Å². The molecule has 5 heteroatoms. The van der Waals surface area contributed by atoms with Crippen molar-refractivity contribution < 1.29 is 19.4 Å². The highest BCUT2D eigenvalue weighted by Crippen LogP contribution is 2.28. The minimum Gasteiger partial charge on any atom is -0.496 e. The van der Waals surface area contributed by atoms with Gasteiger partial charge in [0.15, 0.2) is 0 Å². The van der Waals surface area contributed by atoms with Gasteiger partial charge in [0.2, 0.25) is 5.91 Å². The highest BCUT2D eigenvalue weighted by Gasteiger charge is 2.29. The van der Waals surface area contributed by atoms with E-state index >= 15 is 0 Å². The first-order chi connectivity index (χ1) is 10.3. The standard InChI is InChI=1S/C17H25NO4/c1-12(9-15(19)20)11-18-16(21)17(2,3)10-13-7-5-6-8-14(13)22-4/h5-8,12H,9-11H2,1-4H3,(H,18,21)(H,19,20). The monoisotopic (exact) mass is 307 g/mol. The molecular weight excluding hydrogens is 282 g/mol. The van der Waals surface area contributed by atoms with Gasteiger partial charge in [0.25, 0.3) is 0 Å². The Balaban J connectivity index is 2.65. The van der Waals surface area contributed by atoms with Gasteiger partial charge < -0.3 is 15.2 Å². The summed E-state index contributed by atoms with van der Waals surface area (Å²) in [5.41, 5.74) is 0.376. The molecule has 0 radical (unpaired) electrons. The van der Waals surface area contributed by atoms with Gasteiger partial charge in [-0.25, -0.2) is 0 Å². The lowest BCUT2D eigenvalue weighted by Crippen LogP contribution is -2.40. The van der Waals surface area contributed by atoms with E-state index in [4.69, 9.17) is 9.84 Å². The molecule has 22 heavy (non-hydrogen) atoms. The molecule has 1 rings (SSSR count). The zero-order valence-electron chi connectivity index (χ0n) is 13.7. The Labute approximate surface area is 131 Å². The molecule has 0 aliphatic rings. The number of rotatable bonds is 8. The summed E-state index contributed by atoms with van der Waals surface area (Å²) >= 11 is 0. The molecule has 1 aromatic rings. The molecule has 1 aromatic carbocycles. The number of carbonyl (C=O) groups excluding carboxylic acids is 1. The number of ether oxygens (including phenoxy) is 1. The minimum atomic E-state index is -0.852. The SMILES string of the molecule is COc1ccccc1CC(C)(C)C(=O)NCC(C)CC(=O)O. The maximum atomic E-state index is 12.4. The molecule has 5 nitrogen and oxygen atoms in total. The highest BCUT2D eigenvalue weighted by molar-refractivity contribution is 5.82. The molecule has 122 valence electrons. The van der Waals surface area contributed by atoms with Gasteiger partial charge in [-0.2, -0.15) is 0 Å². The normalized spacial score (nSPS) is 12.5. The number of aliphatic carboxylic acids is 1. The van der Waals surface area contributed by atoms with Crippen molar-refractivity contribution in [2.24, 2.45) is 11.3 Å². The van der Waals surface area contributed by atoms with Crippen LogP contribution in [-0.2, 0) is 16.0 Å². The number of benzene rings is 1. The van der Waals surface area contributed by atoms with Gasteiger partial charge in [-0.1, -0.05) is 39.0 Å². The average molecular weight is 307 g/mol. The van der Waals surface area contributed by atoms with Crippen molar-refractivity contribution in [1.82, 2.24) is 5.32 Å². The van der Waals surface area contributed by atoms with E-state index in [0.717, 1.165) is 11.3 Å². The largest absolute Gasteiger partial charge is 0.496 e. The lowest BCUT2D eigenvalue weighted by molar-refractivity contribution is -0.138. The number of nitrogens with one attached hydrogen (secondary N) is 1. The third-order valence-corrected chi connectivity index (χ3v) is 3.57. The number of methoxy groups -OCH3 is 1. The van der Waals surface area contributed by atoms with Gasteiger partial charge in [-0.15, -0.1) is 0 Å². The molecule has 0 spiro atoms. The van der Waals surface area contributed by atoms with E-state index in [2.05, 4.69) is 5.32 Å². The van der Waals surface area contributed by atoms with E-state index in [-0.39, 0.29) is 18.2 Å². The summed E-state index contributed by atoms with van der Waals surface area (Å²) in [5.74, 6) is -0.267. The van der Waals surface area contributed by atoms with Crippen LogP contribution < -0.4 is 10.1 Å². The molecule has 0 saturated carbocycles. The summed E-state index contributed by atoms with van der Waals surface area (Å²) < 4.78 is 5.32. The maximum absolute atomic E-state index is 12.4. The van der Waals surface area contributed by atoms with E-state index in [0.29, 0.717) is 13.0 Å². The maximum Gasteiger partial charge on any atom is 0.303 e. The Hall–Kier alpha value is -2.04. The third-order valence-electron chi connectivity index (χ3n) is 3.57. The molecule has 0 fully saturated rings. The van der Waals surface area contributed by atoms with E-state index < -0.39 is 11.4 Å². The summed E-state index contributed by atoms with van der Waals surface area (Å²) in [6.07, 6.45) is 0.601. The van der Waals surface area contributed by atoms with E-state index in [1.807, 2.05) is 45.0 Å². The van der Waals surface area contributed by atoms with Crippen molar-refractivity contribution in [1.29, 1.82) is 0 Å². The molecular formula is C17H25NO4. The van der Waals surface area contributed by atoms with Gasteiger partial charge in [0.05, 0.1) is 7.11 Å². The molecule has 1 amide bonds. The number of hydrogen-bond acceptors (Lipinski definition) is 3. The molecule has 0 aromatic heterocycles. The Morgan fingerprint density at radius 1 is 1.32 bits per heavy atom. The summed E-state index contributed by atoms with van der Waals surface area (Å²) in [5, 5.41) is 11.6. The fourth-order valence-electron chi connectivity index (χ4n) is 2.28. The van der Waals surface area contributed by atoms with Gasteiger partial charge in [0, 0.05) is 18.4 Å². The van der Waals surface area contributed by atoms with Crippen molar-refractivity contribution in [2.45, 2.75) is 33.6 Å². The zero-order valence-corrected chi connectivity index (χ0v) is 13.7. The van der Waals surface area contributed by atoms with Crippen LogP contribution in [0.2, 0.25) is 0 Å². The van der Waals surface area contributed by atoms with Gasteiger partial charge in [0.1, 0.15) is 5.75 Å². The lowest BCUT2D eigenvalue weighted by Gasteiger charge is -2.25. The molecule has 2 N–H and O–H groups in total. The van der Waals surface area contributed by atoms with Gasteiger partial charge in [-0.05, 0) is 24.0 Å². The van der Waals surface area contributed by atoms with E-state index in [1.165, 1.54) is 0 Å². The number of para-hydroxylation sites is 1. The summed E-state index contributed by atoms with van der Waals surface area (Å²) in [4.78, 5) is 23.0. The van der Waals surface area contributed by atoms with Crippen molar-refractivity contribution in [2.75, 3.05) is 13.7 Å². The Bertz CT molecular complexity index is 525. The highest BCUT2D eigenvalue weighted by atomic mass is 16.5. The van der Waals surface area contributed by atoms with Crippen LogP contribution in [0.3, 0.4) is 0 Å². The number of hydrogen-bond donors (Lipinski definition) is 2. The summed E-state index contributed by atoms with van der Waals surface area (Å²) in [6, 6.07) is 7.63. The van der Waals surface area contributed by atoms with Crippen LogP contribution in [0.4, 0.5) is 0 Å². The first-order valence-electron chi connectivity index (χ1n) is 7.38. The van der Waals surface area contributed by atoms with Gasteiger partial charge >= 0.3 is 5.97 Å². The molecule has 1 atom stereocenters. The number of carboxylic acids is 1. The fourth-order valence-corrected chi connectivity index (χ4v) is 2.28. The smallest absolute Gasteiger partial charge is 0.303 e. The topological polar surface area (TPSA) is 75.6 Å². The van der Waals surface area contributed by atoms with Crippen molar-refractivity contribution in [3.63, 3.8) is 0 Å². The van der Waals surface area contributed by atoms with Crippen molar-refractivity contribution >= 4 is 11.9 Å². The van der Waals surface area contributed by atoms with E-state index in [9.17, 15) is 9.59 Å². The van der Waals surface area contributed by atoms with Crippen LogP contribution in [-0.4, -0.2) is 30.6 Å². The van der Waals surface area contributed by atoms with Crippen molar-refractivity contribution in [3.8, 4) is 5.75 Å². The molecule has 0 aliphatic carbocycles. The Kier molecular flexibility index (Phi) is 6.40. The lowest BCUT2D eigenvalue weighted by atomic mass is 9.84. The summed E-state index contributed by atoms with van der Waals surface area (Å²) in [7, 11) is 1.61. The number of carbonyl (C=O) groups is 2. The predicted molar refractivity (Wildman–Crippen MR) is 84.9 cm³/mol. The van der Waals surface area contributed by atoms with E-state index in [1.54, 1.807) is 7.11 Å². The first-order valence-corrected chi connectivity index (χ1v) is 7.38. The number of amides is 1. The predicted octanol–water partition coefficient (Wildman–Crippen LogP) is 2.49. The Morgan fingerprint density at radius 2 is 1.95 bits per heavy atom. The van der Waals surface area contributed by atoms with Crippen LogP contribution in [0.15, 0.2) is 24.3 Å². The average Bonchev–Trinajstić information content (AvgIpc) is 2.44. The van der Waals surface area contributed by atoms with Crippen LogP contribution in [0.5, 0.6) is 5.75 Å². The molecule has 0 heterocycles. The third kappa shape index (κ3) is 5.39. The van der Waals surface area contributed by atoms with Crippen LogP contribution in [0.25, 0.3) is 0 Å². The zero-order chi connectivity index (χ0) is 16.8. The second-order valence-electron chi connectivity index (χ2n) is 6.29. The van der Waals surface area contributed by atoms with Crippen LogP contribution >= 0.6 is 0 Å². The van der Waals surface area contributed by atoms with Gasteiger partial charge in [-0.3, -0.25) is 9.59 Å². The molecule has 0 bridgehead atoms. The second-order valence-corrected chi connectivity index (χ2v) is 6.29. The molecule has 0 saturated heterocycles. The number of carboxylic acid groups (broad SMARTS) is 1. The fraction of sp³-hybridized carbons (Fsp3) is 0.529. The Morgan fingerprint density at radius 3 is 2.55 bits per heavy atom. The van der Waals surface area contributed by atoms with Crippen LogP contribution in [0, 0.1) is 11.3 Å². The molecule has 1 unspecified atom stereocenters.